The van der Waals surface area contributed by atoms with Crippen LogP contribution < -0.4 is 0 Å². The summed E-state index contributed by atoms with van der Waals surface area (Å²) in [4.78, 5) is 11.9. The normalized spacial score (nSPS) is 10.5. The molecule has 0 fully saturated rings. The van der Waals surface area contributed by atoms with Gasteiger partial charge in [0.15, 0.2) is 0 Å². The van der Waals surface area contributed by atoms with Gasteiger partial charge in [0.2, 0.25) is 0 Å². The van der Waals surface area contributed by atoms with Gasteiger partial charge in [-0.2, -0.15) is 5.10 Å². The van der Waals surface area contributed by atoms with Gasteiger partial charge < -0.3 is 9.26 Å². The second kappa shape index (κ2) is 5.62. The number of carbonyl (C=O) groups is 1. The van der Waals surface area contributed by atoms with Crippen LogP contribution in [0.15, 0.2) is 47.0 Å². The van der Waals surface area contributed by atoms with E-state index in [1.54, 1.807) is 19.1 Å². The SMILES string of the molecule is Cc1cc(COC(=O)c2cc(-c3ccccc3)n[nH]2)no1. The zero-order valence-electron chi connectivity index (χ0n) is 11.4. The summed E-state index contributed by atoms with van der Waals surface area (Å²) in [6.45, 7) is 1.84. The molecule has 0 saturated carbocycles. The molecule has 0 saturated heterocycles. The molecular formula is C15H13N3O3. The molecule has 0 radical (unpaired) electrons. The summed E-state index contributed by atoms with van der Waals surface area (Å²) < 4.78 is 10.0. The third-order valence-electron chi connectivity index (χ3n) is 2.90. The molecule has 6 nitrogen and oxygen atoms in total. The second-order valence-corrected chi connectivity index (χ2v) is 4.54. The number of nitrogens with one attached hydrogen (secondary N) is 1. The fourth-order valence-electron chi connectivity index (χ4n) is 1.89. The highest BCUT2D eigenvalue weighted by Gasteiger charge is 2.13. The first-order valence-corrected chi connectivity index (χ1v) is 6.42. The number of aromatic amines is 1. The summed E-state index contributed by atoms with van der Waals surface area (Å²) in [5.74, 6) is 0.194. The molecule has 3 rings (SSSR count). The van der Waals surface area contributed by atoms with E-state index in [0.717, 1.165) is 5.56 Å². The lowest BCUT2D eigenvalue weighted by atomic mass is 10.1. The van der Waals surface area contributed by atoms with Crippen molar-refractivity contribution in [3.05, 3.63) is 59.6 Å². The molecule has 1 N–H and O–H groups in total. The molecular weight excluding hydrogens is 270 g/mol. The first-order valence-electron chi connectivity index (χ1n) is 6.42. The van der Waals surface area contributed by atoms with Crippen molar-refractivity contribution in [2.75, 3.05) is 0 Å². The van der Waals surface area contributed by atoms with E-state index in [2.05, 4.69) is 15.4 Å². The second-order valence-electron chi connectivity index (χ2n) is 4.54. The molecule has 21 heavy (non-hydrogen) atoms. The molecule has 0 aliphatic heterocycles. The van der Waals surface area contributed by atoms with Crippen LogP contribution in [-0.2, 0) is 11.3 Å². The monoisotopic (exact) mass is 283 g/mol. The summed E-state index contributed by atoms with van der Waals surface area (Å²) in [5, 5.41) is 10.5. The number of aromatic nitrogens is 3. The minimum atomic E-state index is -0.481. The maximum absolute atomic E-state index is 11.9. The van der Waals surface area contributed by atoms with Crippen molar-refractivity contribution in [3.8, 4) is 11.3 Å². The van der Waals surface area contributed by atoms with Crippen LogP contribution in [0.3, 0.4) is 0 Å². The van der Waals surface area contributed by atoms with Crippen LogP contribution in [-0.4, -0.2) is 21.3 Å². The van der Waals surface area contributed by atoms with Gasteiger partial charge in [-0.05, 0) is 13.0 Å². The third-order valence-corrected chi connectivity index (χ3v) is 2.90. The predicted octanol–water partition coefficient (Wildman–Crippen LogP) is 2.73. The summed E-state index contributed by atoms with van der Waals surface area (Å²) in [6, 6.07) is 13.0. The largest absolute Gasteiger partial charge is 0.454 e. The number of hydrogen-bond acceptors (Lipinski definition) is 5. The Labute approximate surface area is 120 Å². The van der Waals surface area contributed by atoms with E-state index in [1.807, 2.05) is 30.3 Å². The fraction of sp³-hybridized carbons (Fsp3) is 0.133. The van der Waals surface area contributed by atoms with Crippen molar-refractivity contribution in [2.24, 2.45) is 0 Å². The Bertz CT molecular complexity index is 746. The Morgan fingerprint density at radius 1 is 1.29 bits per heavy atom. The van der Waals surface area contributed by atoms with Crippen molar-refractivity contribution >= 4 is 5.97 Å². The predicted molar refractivity (Wildman–Crippen MR) is 74.4 cm³/mol. The molecule has 0 aliphatic rings. The number of esters is 1. The number of rotatable bonds is 4. The van der Waals surface area contributed by atoms with E-state index in [1.165, 1.54) is 0 Å². The highest BCUT2D eigenvalue weighted by molar-refractivity contribution is 5.88. The van der Waals surface area contributed by atoms with Gasteiger partial charge in [0, 0.05) is 11.6 Å². The molecule has 0 atom stereocenters. The molecule has 0 spiro atoms. The number of ether oxygens (including phenoxy) is 1. The summed E-state index contributed by atoms with van der Waals surface area (Å²) in [5.41, 5.74) is 2.50. The van der Waals surface area contributed by atoms with Gasteiger partial charge in [-0.3, -0.25) is 5.10 Å². The minimum absolute atomic E-state index is 0.0653. The lowest BCUT2D eigenvalue weighted by Gasteiger charge is -1.98. The molecule has 0 aliphatic carbocycles. The smallest absolute Gasteiger partial charge is 0.356 e. The van der Waals surface area contributed by atoms with Gasteiger partial charge in [-0.25, -0.2) is 4.79 Å². The van der Waals surface area contributed by atoms with Crippen LogP contribution in [0.1, 0.15) is 21.9 Å². The lowest BCUT2D eigenvalue weighted by Crippen LogP contribution is -2.05. The molecule has 3 aromatic rings. The first kappa shape index (κ1) is 13.1. The van der Waals surface area contributed by atoms with Crippen LogP contribution in [0.2, 0.25) is 0 Å². The zero-order valence-corrected chi connectivity index (χ0v) is 11.4. The Kier molecular flexibility index (Phi) is 3.51. The molecule has 2 aromatic heterocycles. The number of H-pyrrole nitrogens is 1. The van der Waals surface area contributed by atoms with Crippen molar-refractivity contribution in [1.29, 1.82) is 0 Å². The van der Waals surface area contributed by atoms with E-state index in [9.17, 15) is 4.79 Å². The maximum Gasteiger partial charge on any atom is 0.356 e. The molecule has 0 bridgehead atoms. The molecule has 0 unspecified atom stereocenters. The fourth-order valence-corrected chi connectivity index (χ4v) is 1.89. The molecule has 6 heteroatoms. The third kappa shape index (κ3) is 3.00. The van der Waals surface area contributed by atoms with E-state index in [0.29, 0.717) is 22.8 Å². The minimum Gasteiger partial charge on any atom is -0.454 e. The number of hydrogen-bond donors (Lipinski definition) is 1. The lowest BCUT2D eigenvalue weighted by molar-refractivity contribution is 0.0457. The van der Waals surface area contributed by atoms with Crippen LogP contribution in [0.5, 0.6) is 0 Å². The van der Waals surface area contributed by atoms with Crippen LogP contribution in [0.25, 0.3) is 11.3 Å². The number of aryl methyl sites for hydroxylation is 1. The standard InChI is InChI=1S/C15H13N3O3/c1-10-7-12(18-21-10)9-20-15(19)14-8-13(16-17-14)11-5-3-2-4-6-11/h2-8H,9H2,1H3,(H,16,17). The van der Waals surface area contributed by atoms with Gasteiger partial charge in [0.1, 0.15) is 23.8 Å². The highest BCUT2D eigenvalue weighted by Crippen LogP contribution is 2.17. The van der Waals surface area contributed by atoms with E-state index < -0.39 is 5.97 Å². The highest BCUT2D eigenvalue weighted by atomic mass is 16.5. The zero-order chi connectivity index (χ0) is 14.7. The van der Waals surface area contributed by atoms with Gasteiger partial charge in [-0.1, -0.05) is 35.5 Å². The van der Waals surface area contributed by atoms with Gasteiger partial charge in [0.05, 0.1) is 5.69 Å². The van der Waals surface area contributed by atoms with E-state index in [-0.39, 0.29) is 6.61 Å². The molecule has 106 valence electrons. The van der Waals surface area contributed by atoms with Crippen molar-refractivity contribution in [1.82, 2.24) is 15.4 Å². The topological polar surface area (TPSA) is 81.0 Å². The van der Waals surface area contributed by atoms with Crippen molar-refractivity contribution < 1.29 is 14.1 Å². The van der Waals surface area contributed by atoms with Crippen LogP contribution in [0, 0.1) is 6.92 Å². The quantitative estimate of drug-likeness (QED) is 0.744. The molecule has 1 aromatic carbocycles. The first-order chi connectivity index (χ1) is 10.2. The Morgan fingerprint density at radius 2 is 2.10 bits per heavy atom. The summed E-state index contributed by atoms with van der Waals surface area (Å²) in [7, 11) is 0. The Morgan fingerprint density at radius 3 is 2.81 bits per heavy atom. The molecule has 0 amide bonds. The van der Waals surface area contributed by atoms with Crippen LogP contribution >= 0.6 is 0 Å². The van der Waals surface area contributed by atoms with E-state index in [4.69, 9.17) is 9.26 Å². The Balaban J connectivity index is 1.67. The average Bonchev–Trinajstić information content (AvgIpc) is 3.15. The number of benzene rings is 1. The van der Waals surface area contributed by atoms with E-state index >= 15 is 0 Å². The van der Waals surface area contributed by atoms with Gasteiger partial charge >= 0.3 is 5.97 Å². The van der Waals surface area contributed by atoms with Crippen LogP contribution in [0.4, 0.5) is 0 Å². The number of nitrogens with zero attached hydrogens (tertiary/aromatic N) is 2. The summed E-state index contributed by atoms with van der Waals surface area (Å²) in [6.07, 6.45) is 0. The average molecular weight is 283 g/mol. The Hall–Kier alpha value is -2.89. The van der Waals surface area contributed by atoms with Crippen molar-refractivity contribution in [2.45, 2.75) is 13.5 Å². The molecule has 2 heterocycles. The maximum atomic E-state index is 11.9. The number of carbonyl (C=O) groups excluding carboxylic acids is 1. The van der Waals surface area contributed by atoms with Gasteiger partial charge in [-0.15, -0.1) is 0 Å². The summed E-state index contributed by atoms with van der Waals surface area (Å²) >= 11 is 0. The van der Waals surface area contributed by atoms with Crippen molar-refractivity contribution in [3.63, 3.8) is 0 Å². The van der Waals surface area contributed by atoms with Gasteiger partial charge in [0.25, 0.3) is 0 Å².